The molecule has 0 aliphatic carbocycles. The van der Waals surface area contributed by atoms with Crippen molar-refractivity contribution < 1.29 is 14.0 Å². The van der Waals surface area contributed by atoms with E-state index in [-0.39, 0.29) is 36.2 Å². The number of oxazole rings is 1. The summed E-state index contributed by atoms with van der Waals surface area (Å²) in [4.78, 5) is 29.1. The van der Waals surface area contributed by atoms with Crippen molar-refractivity contribution in [2.24, 2.45) is 5.92 Å². The summed E-state index contributed by atoms with van der Waals surface area (Å²) in [6.07, 6.45) is -0.0700. The highest BCUT2D eigenvalue weighted by molar-refractivity contribution is 5.84. The summed E-state index contributed by atoms with van der Waals surface area (Å²) >= 11 is 0. The largest absolute Gasteiger partial charge is 0.441 e. The minimum Gasteiger partial charge on any atom is -0.441 e. The van der Waals surface area contributed by atoms with Gasteiger partial charge in [0, 0.05) is 30.9 Å². The second-order valence-electron chi connectivity index (χ2n) is 6.64. The van der Waals surface area contributed by atoms with Crippen molar-refractivity contribution in [1.82, 2.24) is 26.5 Å². The van der Waals surface area contributed by atoms with Gasteiger partial charge in [-0.25, -0.2) is 15.8 Å². The molecule has 0 spiro atoms. The summed E-state index contributed by atoms with van der Waals surface area (Å²) in [5.41, 5.74) is 7.61. The number of likely N-dealkylation sites (N-methyl/N-ethyl adjacent to an activating group) is 1. The van der Waals surface area contributed by atoms with Crippen LogP contribution in [0, 0.1) is 12.8 Å². The molecule has 3 heterocycles. The number of piperidine rings is 1. The van der Waals surface area contributed by atoms with Gasteiger partial charge in [-0.2, -0.15) is 0 Å². The van der Waals surface area contributed by atoms with E-state index < -0.39 is 6.04 Å². The first-order valence-corrected chi connectivity index (χ1v) is 8.63. The van der Waals surface area contributed by atoms with Gasteiger partial charge in [0.15, 0.2) is 0 Å². The summed E-state index contributed by atoms with van der Waals surface area (Å²) < 4.78 is 5.88. The summed E-state index contributed by atoms with van der Waals surface area (Å²) in [5.74, 6) is 0.600. The number of amides is 2. The third kappa shape index (κ3) is 2.77. The van der Waals surface area contributed by atoms with Crippen LogP contribution in [0.15, 0.2) is 34.7 Å². The van der Waals surface area contributed by atoms with Crippen molar-refractivity contribution >= 4 is 11.8 Å². The molecule has 2 aliphatic rings. The first-order chi connectivity index (χ1) is 12.6. The summed E-state index contributed by atoms with van der Waals surface area (Å²) in [6, 6.07) is 9.16. The Kier molecular flexibility index (Phi) is 4.21. The number of carbonyl (C=O) groups is 2. The molecular formula is C18H21N5O3. The zero-order chi connectivity index (χ0) is 18.3. The maximum absolute atomic E-state index is 12.3. The van der Waals surface area contributed by atoms with Gasteiger partial charge >= 0.3 is 0 Å². The van der Waals surface area contributed by atoms with Gasteiger partial charge in [-0.3, -0.25) is 9.59 Å². The minimum atomic E-state index is -0.466. The Morgan fingerprint density at radius 1 is 1.27 bits per heavy atom. The molecule has 4 rings (SSSR count). The second kappa shape index (κ2) is 6.54. The molecule has 0 bridgehead atoms. The van der Waals surface area contributed by atoms with Gasteiger partial charge in [-0.15, -0.1) is 0 Å². The molecule has 1 aromatic carbocycles. The molecule has 4 atom stereocenters. The highest BCUT2D eigenvalue weighted by Gasteiger charge is 2.50. The lowest BCUT2D eigenvalue weighted by molar-refractivity contribution is -0.128. The van der Waals surface area contributed by atoms with Crippen molar-refractivity contribution in [3.8, 4) is 11.5 Å². The maximum Gasteiger partial charge on any atom is 0.238 e. The van der Waals surface area contributed by atoms with Crippen molar-refractivity contribution in [1.29, 1.82) is 0 Å². The van der Waals surface area contributed by atoms with Crippen LogP contribution in [-0.4, -0.2) is 36.1 Å². The number of aryl methyl sites for hydroxylation is 1. The molecule has 4 unspecified atom stereocenters. The molecule has 8 nitrogen and oxygen atoms in total. The van der Waals surface area contributed by atoms with E-state index in [1.165, 1.54) is 0 Å². The Morgan fingerprint density at radius 3 is 2.77 bits per heavy atom. The SMILES string of the molecule is CNC(=O)C1NNC2NC(=O)CC(c3nc(-c4ccccc4)oc3C)C21. The topological polar surface area (TPSA) is 108 Å². The number of carbonyl (C=O) groups excluding carboxylic acids is 2. The molecule has 2 saturated heterocycles. The van der Waals surface area contributed by atoms with Gasteiger partial charge in [-0.1, -0.05) is 18.2 Å². The number of benzene rings is 1. The van der Waals surface area contributed by atoms with E-state index in [1.54, 1.807) is 7.05 Å². The van der Waals surface area contributed by atoms with E-state index in [4.69, 9.17) is 4.42 Å². The highest BCUT2D eigenvalue weighted by atomic mass is 16.4. The summed E-state index contributed by atoms with van der Waals surface area (Å²) in [6.45, 7) is 1.85. The minimum absolute atomic E-state index is 0.0771. The van der Waals surface area contributed by atoms with Crippen molar-refractivity contribution in [2.75, 3.05) is 7.05 Å². The van der Waals surface area contributed by atoms with E-state index in [0.717, 1.165) is 11.3 Å². The fraction of sp³-hybridized carbons (Fsp3) is 0.389. The Hall–Kier alpha value is -2.71. The molecule has 8 heteroatoms. The van der Waals surface area contributed by atoms with Crippen molar-refractivity contribution in [3.63, 3.8) is 0 Å². The predicted octanol–water partition coefficient (Wildman–Crippen LogP) is 0.418. The zero-order valence-electron chi connectivity index (χ0n) is 14.6. The van der Waals surface area contributed by atoms with Crippen LogP contribution in [0.25, 0.3) is 11.5 Å². The van der Waals surface area contributed by atoms with Crippen LogP contribution in [-0.2, 0) is 9.59 Å². The number of rotatable bonds is 3. The lowest BCUT2D eigenvalue weighted by Crippen LogP contribution is -2.53. The van der Waals surface area contributed by atoms with Gasteiger partial charge in [0.25, 0.3) is 0 Å². The molecule has 2 aromatic rings. The summed E-state index contributed by atoms with van der Waals surface area (Å²) in [7, 11) is 1.60. The number of hydrazine groups is 1. The molecular weight excluding hydrogens is 334 g/mol. The van der Waals surface area contributed by atoms with Crippen LogP contribution < -0.4 is 21.5 Å². The quantitative estimate of drug-likeness (QED) is 0.635. The Morgan fingerprint density at radius 2 is 2.04 bits per heavy atom. The molecule has 0 radical (unpaired) electrons. The third-order valence-corrected chi connectivity index (χ3v) is 5.08. The predicted molar refractivity (Wildman–Crippen MR) is 93.6 cm³/mol. The van der Waals surface area contributed by atoms with Crippen molar-refractivity contribution in [2.45, 2.75) is 31.5 Å². The Labute approximate surface area is 150 Å². The average molecular weight is 355 g/mol. The number of nitrogens with one attached hydrogen (secondary N) is 4. The van der Waals surface area contributed by atoms with E-state index in [2.05, 4.69) is 26.5 Å². The van der Waals surface area contributed by atoms with Crippen molar-refractivity contribution in [3.05, 3.63) is 41.8 Å². The van der Waals surface area contributed by atoms with Crippen LogP contribution in [0.4, 0.5) is 0 Å². The lowest BCUT2D eigenvalue weighted by atomic mass is 9.77. The highest BCUT2D eigenvalue weighted by Crippen LogP contribution is 2.39. The van der Waals surface area contributed by atoms with Gasteiger partial charge < -0.3 is 15.1 Å². The Bertz CT molecular complexity index is 835. The van der Waals surface area contributed by atoms with Gasteiger partial charge in [0.2, 0.25) is 17.7 Å². The molecule has 2 fully saturated rings. The first kappa shape index (κ1) is 16.7. The van der Waals surface area contributed by atoms with Gasteiger partial charge in [0.05, 0.1) is 11.9 Å². The molecule has 1 aromatic heterocycles. The van der Waals surface area contributed by atoms with Crippen LogP contribution in [0.3, 0.4) is 0 Å². The van der Waals surface area contributed by atoms with E-state index in [1.807, 2.05) is 37.3 Å². The average Bonchev–Trinajstić information content (AvgIpc) is 3.25. The van der Waals surface area contributed by atoms with Crippen LogP contribution in [0.2, 0.25) is 0 Å². The number of hydrogen-bond acceptors (Lipinski definition) is 6. The van der Waals surface area contributed by atoms with Crippen LogP contribution >= 0.6 is 0 Å². The monoisotopic (exact) mass is 355 g/mol. The number of nitrogens with zero attached hydrogens (tertiary/aromatic N) is 1. The molecule has 2 aliphatic heterocycles. The maximum atomic E-state index is 12.3. The lowest BCUT2D eigenvalue weighted by Gasteiger charge is -2.34. The molecule has 4 N–H and O–H groups in total. The molecule has 2 amide bonds. The second-order valence-corrected chi connectivity index (χ2v) is 6.64. The number of hydrogen-bond donors (Lipinski definition) is 4. The molecule has 26 heavy (non-hydrogen) atoms. The fourth-order valence-corrected chi connectivity index (χ4v) is 3.86. The van der Waals surface area contributed by atoms with Gasteiger partial charge in [-0.05, 0) is 19.1 Å². The van der Waals surface area contributed by atoms with E-state index in [0.29, 0.717) is 11.7 Å². The number of fused-ring (bicyclic) bond motifs is 1. The molecule has 0 saturated carbocycles. The van der Waals surface area contributed by atoms with Gasteiger partial charge in [0.1, 0.15) is 11.8 Å². The fourth-order valence-electron chi connectivity index (χ4n) is 3.86. The smallest absolute Gasteiger partial charge is 0.238 e. The van der Waals surface area contributed by atoms with E-state index >= 15 is 0 Å². The van der Waals surface area contributed by atoms with E-state index in [9.17, 15) is 9.59 Å². The third-order valence-electron chi connectivity index (χ3n) is 5.08. The standard InChI is InChI=1S/C18H21N5O3/c1-9-14(21-18(26-9)10-6-4-3-5-7-10)11-8-12(24)20-16-13(11)15(22-23-16)17(25)19-2/h3-7,11,13,15-16,22-23H,8H2,1-2H3,(H,19,25)(H,20,24). The normalized spacial score (nSPS) is 27.7. The van der Waals surface area contributed by atoms with Crippen LogP contribution in [0.1, 0.15) is 23.8 Å². The Balaban J connectivity index is 1.72. The molecule has 136 valence electrons. The number of aromatic nitrogens is 1. The summed E-state index contributed by atoms with van der Waals surface area (Å²) in [5, 5.41) is 5.56. The zero-order valence-corrected chi connectivity index (χ0v) is 14.6. The van der Waals surface area contributed by atoms with Crippen LogP contribution in [0.5, 0.6) is 0 Å². The first-order valence-electron chi connectivity index (χ1n) is 8.63.